The Kier molecular flexibility index (Phi) is 3.88. The summed E-state index contributed by atoms with van der Waals surface area (Å²) in [4.78, 5) is 13.0. The van der Waals surface area contributed by atoms with Crippen LogP contribution in [0.25, 0.3) is 27.6 Å². The van der Waals surface area contributed by atoms with Gasteiger partial charge in [-0.25, -0.2) is 0 Å². The Balaban J connectivity index is 2.08. The molecule has 0 bridgehead atoms. The van der Waals surface area contributed by atoms with E-state index in [1.165, 1.54) is 4.68 Å². The maximum absolute atomic E-state index is 13.0. The van der Waals surface area contributed by atoms with Gasteiger partial charge < -0.3 is 5.73 Å². The van der Waals surface area contributed by atoms with E-state index in [2.05, 4.69) is 5.10 Å². The maximum Gasteiger partial charge on any atom is 0.279 e. The minimum absolute atomic E-state index is 0.142. The molecule has 4 heteroatoms. The number of nitrogens with two attached hydrogens (primary N) is 1. The zero-order valence-electron chi connectivity index (χ0n) is 13.6. The number of rotatable bonds is 3. The Bertz CT molecular complexity index is 1090. The summed E-state index contributed by atoms with van der Waals surface area (Å²) in [7, 11) is 0. The largest absolute Gasteiger partial charge is 0.325 e. The summed E-state index contributed by atoms with van der Waals surface area (Å²) in [5.41, 5.74) is 9.30. The number of nitrogens with zero attached hydrogens (tertiary/aromatic N) is 2. The van der Waals surface area contributed by atoms with Crippen LogP contribution in [0.3, 0.4) is 0 Å². The van der Waals surface area contributed by atoms with E-state index < -0.39 is 0 Å². The summed E-state index contributed by atoms with van der Waals surface area (Å²) in [5.74, 6) is 0. The van der Waals surface area contributed by atoms with Gasteiger partial charge in [0, 0.05) is 11.9 Å². The zero-order chi connectivity index (χ0) is 17.2. The molecule has 0 saturated heterocycles. The molecule has 0 aliphatic heterocycles. The molecule has 25 heavy (non-hydrogen) atoms. The Labute approximate surface area is 145 Å². The van der Waals surface area contributed by atoms with Crippen molar-refractivity contribution >= 4 is 10.8 Å². The van der Waals surface area contributed by atoms with Crippen LogP contribution >= 0.6 is 0 Å². The Morgan fingerprint density at radius 2 is 1.52 bits per heavy atom. The Hall–Kier alpha value is -3.24. The summed E-state index contributed by atoms with van der Waals surface area (Å²) in [6.45, 7) is 0.257. The standard InChI is InChI=1S/C21H17N3O/c22-14-19-20-17(15-8-3-1-4-9-15)12-7-13-18(20)21(25)24(23-19)16-10-5-2-6-11-16/h1-13H,14,22H2. The van der Waals surface area contributed by atoms with Gasteiger partial charge in [0.1, 0.15) is 0 Å². The van der Waals surface area contributed by atoms with Crippen molar-refractivity contribution in [3.63, 3.8) is 0 Å². The molecule has 0 radical (unpaired) electrons. The van der Waals surface area contributed by atoms with E-state index in [4.69, 9.17) is 5.73 Å². The molecule has 122 valence electrons. The third-order valence-electron chi connectivity index (χ3n) is 4.28. The summed E-state index contributed by atoms with van der Waals surface area (Å²) >= 11 is 0. The first-order valence-corrected chi connectivity index (χ1v) is 8.15. The summed E-state index contributed by atoms with van der Waals surface area (Å²) in [6, 6.07) is 25.1. The van der Waals surface area contributed by atoms with E-state index in [0.717, 1.165) is 22.2 Å². The highest BCUT2D eigenvalue weighted by molar-refractivity contribution is 5.97. The molecular formula is C21H17N3O. The van der Waals surface area contributed by atoms with Gasteiger partial charge >= 0.3 is 0 Å². The van der Waals surface area contributed by atoms with Crippen molar-refractivity contribution in [1.82, 2.24) is 9.78 Å². The summed E-state index contributed by atoms with van der Waals surface area (Å²) in [6.07, 6.45) is 0. The van der Waals surface area contributed by atoms with Crippen LogP contribution in [0.15, 0.2) is 83.7 Å². The lowest BCUT2D eigenvalue weighted by atomic mass is 9.98. The molecule has 0 amide bonds. The first kappa shape index (κ1) is 15.3. The number of aromatic nitrogens is 2. The third-order valence-corrected chi connectivity index (χ3v) is 4.28. The molecule has 3 aromatic carbocycles. The second-order valence-electron chi connectivity index (χ2n) is 5.80. The maximum atomic E-state index is 13.0. The lowest BCUT2D eigenvalue weighted by molar-refractivity contribution is 0.776. The predicted octanol–water partition coefficient (Wildman–Crippen LogP) is 3.51. The summed E-state index contributed by atoms with van der Waals surface area (Å²) in [5, 5.41) is 6.01. The lowest BCUT2D eigenvalue weighted by Crippen LogP contribution is -2.24. The van der Waals surface area contributed by atoms with Gasteiger partial charge in [-0.15, -0.1) is 0 Å². The van der Waals surface area contributed by atoms with E-state index in [0.29, 0.717) is 11.1 Å². The quantitative estimate of drug-likeness (QED) is 0.626. The van der Waals surface area contributed by atoms with Crippen molar-refractivity contribution in [2.24, 2.45) is 5.73 Å². The van der Waals surface area contributed by atoms with E-state index in [-0.39, 0.29) is 12.1 Å². The van der Waals surface area contributed by atoms with Crippen LogP contribution in [0.1, 0.15) is 5.69 Å². The number of hydrogen-bond acceptors (Lipinski definition) is 3. The predicted molar refractivity (Wildman–Crippen MR) is 101 cm³/mol. The first-order valence-electron chi connectivity index (χ1n) is 8.15. The van der Waals surface area contributed by atoms with Gasteiger partial charge in [0.15, 0.2) is 0 Å². The fourth-order valence-electron chi connectivity index (χ4n) is 3.12. The molecule has 0 saturated carbocycles. The van der Waals surface area contributed by atoms with Crippen molar-refractivity contribution < 1.29 is 0 Å². The molecule has 0 fully saturated rings. The van der Waals surface area contributed by atoms with E-state index in [1.54, 1.807) is 0 Å². The molecule has 0 spiro atoms. The van der Waals surface area contributed by atoms with Gasteiger partial charge in [-0.2, -0.15) is 9.78 Å². The Morgan fingerprint density at radius 3 is 2.20 bits per heavy atom. The van der Waals surface area contributed by atoms with Crippen LogP contribution in [0, 0.1) is 0 Å². The average molecular weight is 327 g/mol. The van der Waals surface area contributed by atoms with Crippen molar-refractivity contribution in [3.8, 4) is 16.8 Å². The highest BCUT2D eigenvalue weighted by Gasteiger charge is 2.14. The molecule has 0 atom stereocenters. The average Bonchev–Trinajstić information content (AvgIpc) is 2.69. The molecule has 1 heterocycles. The van der Waals surface area contributed by atoms with Crippen molar-refractivity contribution in [3.05, 3.63) is 94.9 Å². The molecule has 0 aliphatic carbocycles. The SMILES string of the molecule is NCc1nn(-c2ccccc2)c(=O)c2cccc(-c3ccccc3)c12. The van der Waals surface area contributed by atoms with Crippen LogP contribution < -0.4 is 11.3 Å². The lowest BCUT2D eigenvalue weighted by Gasteiger charge is -2.13. The van der Waals surface area contributed by atoms with E-state index in [1.807, 2.05) is 78.9 Å². The summed E-state index contributed by atoms with van der Waals surface area (Å²) < 4.78 is 1.43. The molecule has 4 rings (SSSR count). The normalized spacial score (nSPS) is 10.9. The minimum atomic E-state index is -0.142. The van der Waals surface area contributed by atoms with Gasteiger partial charge in [0.2, 0.25) is 0 Å². The van der Waals surface area contributed by atoms with Crippen molar-refractivity contribution in [2.45, 2.75) is 6.54 Å². The molecular weight excluding hydrogens is 310 g/mol. The third kappa shape index (κ3) is 2.62. The van der Waals surface area contributed by atoms with E-state index in [9.17, 15) is 4.79 Å². The first-order chi connectivity index (χ1) is 12.3. The van der Waals surface area contributed by atoms with E-state index >= 15 is 0 Å². The van der Waals surface area contributed by atoms with Gasteiger partial charge in [0.05, 0.1) is 16.8 Å². The molecule has 1 aromatic heterocycles. The van der Waals surface area contributed by atoms with Gasteiger partial charge in [0.25, 0.3) is 5.56 Å². The van der Waals surface area contributed by atoms with Crippen LogP contribution in [0.5, 0.6) is 0 Å². The second-order valence-corrected chi connectivity index (χ2v) is 5.80. The van der Waals surface area contributed by atoms with Crippen molar-refractivity contribution in [1.29, 1.82) is 0 Å². The molecule has 4 aromatic rings. The van der Waals surface area contributed by atoms with Crippen LogP contribution in [0.4, 0.5) is 0 Å². The molecule has 4 nitrogen and oxygen atoms in total. The highest BCUT2D eigenvalue weighted by Crippen LogP contribution is 2.29. The number of para-hydroxylation sites is 1. The van der Waals surface area contributed by atoms with Crippen LogP contribution in [-0.2, 0) is 6.54 Å². The van der Waals surface area contributed by atoms with Gasteiger partial charge in [-0.3, -0.25) is 4.79 Å². The van der Waals surface area contributed by atoms with Gasteiger partial charge in [-0.1, -0.05) is 60.7 Å². The van der Waals surface area contributed by atoms with Crippen LogP contribution in [0.2, 0.25) is 0 Å². The zero-order valence-corrected chi connectivity index (χ0v) is 13.6. The van der Waals surface area contributed by atoms with Gasteiger partial charge in [-0.05, 0) is 29.3 Å². The molecule has 0 aliphatic rings. The molecule has 2 N–H and O–H groups in total. The fourth-order valence-corrected chi connectivity index (χ4v) is 3.12. The number of hydrogen-bond donors (Lipinski definition) is 1. The topological polar surface area (TPSA) is 60.9 Å². The fraction of sp³-hybridized carbons (Fsp3) is 0.0476. The molecule has 0 unspecified atom stereocenters. The van der Waals surface area contributed by atoms with Crippen LogP contribution in [-0.4, -0.2) is 9.78 Å². The van der Waals surface area contributed by atoms with Crippen molar-refractivity contribution in [2.75, 3.05) is 0 Å². The monoisotopic (exact) mass is 327 g/mol. The smallest absolute Gasteiger partial charge is 0.279 e. The number of fused-ring (bicyclic) bond motifs is 1. The number of benzene rings is 3. The minimum Gasteiger partial charge on any atom is -0.325 e. The Morgan fingerprint density at radius 1 is 0.840 bits per heavy atom. The second kappa shape index (κ2) is 6.34. The highest BCUT2D eigenvalue weighted by atomic mass is 16.1.